The van der Waals surface area contributed by atoms with Crippen molar-refractivity contribution in [1.29, 1.82) is 0 Å². The van der Waals surface area contributed by atoms with Gasteiger partial charge in [-0.25, -0.2) is 4.98 Å². The Morgan fingerprint density at radius 3 is 2.95 bits per heavy atom. The zero-order valence-corrected chi connectivity index (χ0v) is 13.1. The minimum absolute atomic E-state index is 0.0274. The van der Waals surface area contributed by atoms with Gasteiger partial charge in [-0.2, -0.15) is 0 Å². The third kappa shape index (κ3) is 4.43. The van der Waals surface area contributed by atoms with Crippen LogP contribution >= 0.6 is 0 Å². The van der Waals surface area contributed by atoms with Crippen LogP contribution < -0.4 is 5.32 Å². The zero-order valence-electron chi connectivity index (χ0n) is 13.1. The molecule has 1 aromatic rings. The van der Waals surface area contributed by atoms with Crippen molar-refractivity contribution in [2.75, 3.05) is 25.0 Å². The van der Waals surface area contributed by atoms with Gasteiger partial charge in [-0.15, -0.1) is 0 Å². The number of carbonyl (C=O) groups excluding carboxylic acids is 1. The number of anilines is 1. The van der Waals surface area contributed by atoms with Gasteiger partial charge < -0.3 is 15.0 Å². The van der Waals surface area contributed by atoms with Crippen molar-refractivity contribution in [1.82, 2.24) is 9.88 Å². The Kier molecular flexibility index (Phi) is 5.56. The maximum atomic E-state index is 12.6. The lowest BCUT2D eigenvalue weighted by atomic mass is 10.2. The summed E-state index contributed by atoms with van der Waals surface area (Å²) in [6.07, 6.45) is 2.29. The van der Waals surface area contributed by atoms with Crippen LogP contribution in [0.4, 0.5) is 5.82 Å². The summed E-state index contributed by atoms with van der Waals surface area (Å²) in [5.41, 5.74) is 0.487. The number of ether oxygens (including phenoxy) is 1. The van der Waals surface area contributed by atoms with E-state index in [4.69, 9.17) is 4.74 Å². The molecule has 0 aliphatic carbocycles. The first-order valence-corrected chi connectivity index (χ1v) is 7.74. The summed E-state index contributed by atoms with van der Waals surface area (Å²) in [5, 5.41) is 3.22. The van der Waals surface area contributed by atoms with Crippen molar-refractivity contribution < 1.29 is 9.53 Å². The van der Waals surface area contributed by atoms with Gasteiger partial charge in [0.2, 0.25) is 0 Å². The molecular weight excluding hydrogens is 266 g/mol. The lowest BCUT2D eigenvalue weighted by Gasteiger charge is -2.23. The number of rotatable bonds is 6. The third-order valence-corrected chi connectivity index (χ3v) is 3.52. The number of hydrogen-bond acceptors (Lipinski definition) is 4. The van der Waals surface area contributed by atoms with Crippen molar-refractivity contribution in [3.8, 4) is 0 Å². The summed E-state index contributed by atoms with van der Waals surface area (Å²) in [4.78, 5) is 18.8. The van der Waals surface area contributed by atoms with Gasteiger partial charge in [0.1, 0.15) is 11.5 Å². The Morgan fingerprint density at radius 1 is 1.52 bits per heavy atom. The summed E-state index contributed by atoms with van der Waals surface area (Å²) in [5.74, 6) is 0.712. The van der Waals surface area contributed by atoms with E-state index in [1.165, 1.54) is 0 Å². The Bertz CT molecular complexity index is 470. The van der Waals surface area contributed by atoms with Crippen LogP contribution in [0, 0.1) is 0 Å². The quantitative estimate of drug-likeness (QED) is 0.875. The number of pyridine rings is 1. The molecular formula is C16H25N3O2. The molecule has 1 amide bonds. The molecule has 1 N–H and O–H groups in total. The van der Waals surface area contributed by atoms with Crippen LogP contribution in [0.3, 0.4) is 0 Å². The molecule has 0 spiro atoms. The van der Waals surface area contributed by atoms with E-state index in [-0.39, 0.29) is 18.1 Å². The Morgan fingerprint density at radius 2 is 2.33 bits per heavy atom. The minimum atomic E-state index is -0.0274. The molecule has 1 fully saturated rings. The maximum Gasteiger partial charge on any atom is 0.272 e. The van der Waals surface area contributed by atoms with Crippen LogP contribution in [0.5, 0.6) is 0 Å². The smallest absolute Gasteiger partial charge is 0.272 e. The first-order chi connectivity index (χ1) is 10.1. The van der Waals surface area contributed by atoms with Crippen LogP contribution in [0.15, 0.2) is 18.2 Å². The summed E-state index contributed by atoms with van der Waals surface area (Å²) < 4.78 is 5.62. The van der Waals surface area contributed by atoms with Gasteiger partial charge >= 0.3 is 0 Å². The van der Waals surface area contributed by atoms with Gasteiger partial charge in [-0.1, -0.05) is 6.07 Å². The van der Waals surface area contributed by atoms with E-state index in [9.17, 15) is 4.79 Å². The molecule has 116 valence electrons. The number of aromatic nitrogens is 1. The van der Waals surface area contributed by atoms with E-state index in [1.807, 2.05) is 37.8 Å². The van der Waals surface area contributed by atoms with Gasteiger partial charge in [0, 0.05) is 25.7 Å². The molecule has 1 saturated heterocycles. The van der Waals surface area contributed by atoms with Gasteiger partial charge in [0.15, 0.2) is 0 Å². The Labute approximate surface area is 126 Å². The second-order valence-corrected chi connectivity index (χ2v) is 5.69. The van der Waals surface area contributed by atoms with Gasteiger partial charge in [-0.3, -0.25) is 4.79 Å². The van der Waals surface area contributed by atoms with Crippen molar-refractivity contribution in [3.05, 3.63) is 23.9 Å². The van der Waals surface area contributed by atoms with Gasteiger partial charge in [0.05, 0.1) is 6.10 Å². The Balaban J connectivity index is 2.05. The topological polar surface area (TPSA) is 54.5 Å². The zero-order chi connectivity index (χ0) is 15.2. The average molecular weight is 291 g/mol. The van der Waals surface area contributed by atoms with Crippen LogP contribution in [-0.4, -0.2) is 47.6 Å². The van der Waals surface area contributed by atoms with Gasteiger partial charge in [-0.05, 0) is 45.7 Å². The molecule has 0 radical (unpaired) electrons. The number of carbonyl (C=O) groups is 1. The highest BCUT2D eigenvalue weighted by Gasteiger charge is 2.23. The molecule has 0 aromatic carbocycles. The van der Waals surface area contributed by atoms with Crippen molar-refractivity contribution in [2.24, 2.45) is 0 Å². The van der Waals surface area contributed by atoms with E-state index in [0.29, 0.717) is 18.8 Å². The standard InChI is InChI=1S/C16H25N3O2/c1-4-19(11-13-7-6-10-21-13)16(20)14-8-5-9-15(18-14)17-12(2)3/h5,8-9,12-13H,4,6-7,10-11H2,1-3H3,(H,17,18). The number of hydrogen-bond donors (Lipinski definition) is 1. The average Bonchev–Trinajstić information content (AvgIpc) is 2.96. The van der Waals surface area contributed by atoms with Crippen LogP contribution in [0.25, 0.3) is 0 Å². The highest BCUT2D eigenvalue weighted by atomic mass is 16.5. The molecule has 0 saturated carbocycles. The predicted octanol–water partition coefficient (Wildman–Crippen LogP) is 2.54. The lowest BCUT2D eigenvalue weighted by molar-refractivity contribution is 0.0535. The van der Waals surface area contributed by atoms with Crippen molar-refractivity contribution in [3.63, 3.8) is 0 Å². The van der Waals surface area contributed by atoms with E-state index in [1.54, 1.807) is 6.07 Å². The van der Waals surface area contributed by atoms with E-state index in [2.05, 4.69) is 10.3 Å². The molecule has 5 nitrogen and oxygen atoms in total. The van der Waals surface area contributed by atoms with Crippen molar-refractivity contribution >= 4 is 11.7 Å². The number of likely N-dealkylation sites (N-methyl/N-ethyl adjacent to an activating group) is 1. The van der Waals surface area contributed by atoms with Crippen LogP contribution in [0.2, 0.25) is 0 Å². The maximum absolute atomic E-state index is 12.6. The second kappa shape index (κ2) is 7.41. The predicted molar refractivity (Wildman–Crippen MR) is 83.5 cm³/mol. The van der Waals surface area contributed by atoms with E-state index in [0.717, 1.165) is 25.3 Å². The molecule has 1 unspecified atom stereocenters. The number of nitrogens with one attached hydrogen (secondary N) is 1. The highest BCUT2D eigenvalue weighted by Crippen LogP contribution is 2.15. The first kappa shape index (κ1) is 15.8. The lowest BCUT2D eigenvalue weighted by Crippen LogP contribution is -2.37. The molecule has 1 atom stereocenters. The largest absolute Gasteiger partial charge is 0.376 e. The first-order valence-electron chi connectivity index (χ1n) is 7.74. The third-order valence-electron chi connectivity index (χ3n) is 3.52. The molecule has 5 heteroatoms. The SMILES string of the molecule is CCN(CC1CCCO1)C(=O)c1cccc(NC(C)C)n1. The van der Waals surface area contributed by atoms with Crippen LogP contribution in [0.1, 0.15) is 44.1 Å². The normalized spacial score (nSPS) is 18.0. The van der Waals surface area contributed by atoms with E-state index >= 15 is 0 Å². The summed E-state index contributed by atoms with van der Waals surface area (Å²) in [6.45, 7) is 8.21. The highest BCUT2D eigenvalue weighted by molar-refractivity contribution is 5.92. The molecule has 1 aromatic heterocycles. The molecule has 1 aliphatic rings. The number of nitrogens with zero attached hydrogens (tertiary/aromatic N) is 2. The van der Waals surface area contributed by atoms with Crippen LogP contribution in [-0.2, 0) is 4.74 Å². The fourth-order valence-electron chi connectivity index (χ4n) is 2.48. The Hall–Kier alpha value is -1.62. The van der Waals surface area contributed by atoms with Crippen molar-refractivity contribution in [2.45, 2.75) is 45.8 Å². The van der Waals surface area contributed by atoms with Gasteiger partial charge in [0.25, 0.3) is 5.91 Å². The second-order valence-electron chi connectivity index (χ2n) is 5.69. The molecule has 2 heterocycles. The number of amides is 1. The summed E-state index contributed by atoms with van der Waals surface area (Å²) >= 11 is 0. The van der Waals surface area contributed by atoms with E-state index < -0.39 is 0 Å². The monoisotopic (exact) mass is 291 g/mol. The molecule has 1 aliphatic heterocycles. The minimum Gasteiger partial charge on any atom is -0.376 e. The summed E-state index contributed by atoms with van der Waals surface area (Å²) in [6, 6.07) is 5.81. The molecule has 2 rings (SSSR count). The fourth-order valence-corrected chi connectivity index (χ4v) is 2.48. The molecule has 21 heavy (non-hydrogen) atoms. The molecule has 0 bridgehead atoms. The summed E-state index contributed by atoms with van der Waals surface area (Å²) in [7, 11) is 0. The fraction of sp³-hybridized carbons (Fsp3) is 0.625.